The van der Waals surface area contributed by atoms with E-state index >= 15 is 0 Å². The first-order chi connectivity index (χ1) is 15.2. The molecule has 32 heavy (non-hydrogen) atoms. The number of aromatic nitrogens is 3. The van der Waals surface area contributed by atoms with Gasteiger partial charge in [-0.05, 0) is 61.7 Å². The SMILES string of the molecule is Cc1cn(-c2c(Cl)cccc2Cl)c(=O)c2cnc(Nc3ccc4c(c3)CNC4(C)C)nc12. The summed E-state index contributed by atoms with van der Waals surface area (Å²) in [6, 6.07) is 11.4. The van der Waals surface area contributed by atoms with Crippen LogP contribution in [0, 0.1) is 6.92 Å². The molecule has 3 heterocycles. The van der Waals surface area contributed by atoms with Crippen LogP contribution in [0.1, 0.15) is 30.5 Å². The Morgan fingerprint density at radius 3 is 2.66 bits per heavy atom. The zero-order valence-corrected chi connectivity index (χ0v) is 19.3. The molecule has 162 valence electrons. The predicted molar refractivity (Wildman–Crippen MR) is 129 cm³/mol. The molecule has 0 radical (unpaired) electrons. The molecule has 0 amide bonds. The summed E-state index contributed by atoms with van der Waals surface area (Å²) in [6.45, 7) is 7.05. The lowest BCUT2D eigenvalue weighted by molar-refractivity contribution is 0.442. The first-order valence-electron chi connectivity index (χ1n) is 10.2. The maximum Gasteiger partial charge on any atom is 0.266 e. The number of rotatable bonds is 3. The average molecular weight is 466 g/mol. The molecule has 2 N–H and O–H groups in total. The molecule has 8 heteroatoms. The number of hydrogen-bond donors (Lipinski definition) is 2. The summed E-state index contributed by atoms with van der Waals surface area (Å²) in [5, 5.41) is 7.95. The number of nitrogens with one attached hydrogen (secondary N) is 2. The fourth-order valence-electron chi connectivity index (χ4n) is 4.20. The van der Waals surface area contributed by atoms with Crippen molar-refractivity contribution in [1.82, 2.24) is 19.9 Å². The summed E-state index contributed by atoms with van der Waals surface area (Å²) in [4.78, 5) is 22.2. The van der Waals surface area contributed by atoms with Gasteiger partial charge in [-0.1, -0.05) is 35.3 Å². The van der Waals surface area contributed by atoms with Crippen molar-refractivity contribution in [1.29, 1.82) is 0 Å². The van der Waals surface area contributed by atoms with Gasteiger partial charge in [-0.2, -0.15) is 0 Å². The molecule has 0 bridgehead atoms. The van der Waals surface area contributed by atoms with E-state index in [1.54, 1.807) is 30.6 Å². The van der Waals surface area contributed by atoms with E-state index in [4.69, 9.17) is 23.2 Å². The Morgan fingerprint density at radius 2 is 1.91 bits per heavy atom. The topological polar surface area (TPSA) is 71.8 Å². The van der Waals surface area contributed by atoms with Crippen molar-refractivity contribution in [3.63, 3.8) is 0 Å². The third kappa shape index (κ3) is 3.45. The standard InChI is InChI=1S/C24H21Cl2N5O/c1-13-12-31(21-18(25)5-4-6-19(21)26)22(32)16-11-27-23(30-20(13)16)29-15-7-8-17-14(9-15)10-28-24(17,2)3/h4-9,11-12,28H,10H2,1-3H3,(H,27,29,30). The Labute approximate surface area is 195 Å². The third-order valence-corrected chi connectivity index (χ3v) is 6.48. The van der Waals surface area contributed by atoms with Crippen LogP contribution < -0.4 is 16.2 Å². The van der Waals surface area contributed by atoms with Crippen molar-refractivity contribution < 1.29 is 0 Å². The van der Waals surface area contributed by atoms with Gasteiger partial charge in [0, 0.05) is 30.2 Å². The van der Waals surface area contributed by atoms with E-state index in [2.05, 4.69) is 46.6 Å². The van der Waals surface area contributed by atoms with Crippen molar-refractivity contribution in [2.45, 2.75) is 32.9 Å². The molecule has 0 fully saturated rings. The zero-order valence-electron chi connectivity index (χ0n) is 17.8. The summed E-state index contributed by atoms with van der Waals surface area (Å²) in [6.07, 6.45) is 3.25. The van der Waals surface area contributed by atoms with Crippen LogP contribution in [0.2, 0.25) is 10.0 Å². The van der Waals surface area contributed by atoms with Crippen molar-refractivity contribution >= 4 is 45.7 Å². The minimum absolute atomic E-state index is 0.0329. The van der Waals surface area contributed by atoms with E-state index < -0.39 is 0 Å². The van der Waals surface area contributed by atoms with Gasteiger partial charge >= 0.3 is 0 Å². The van der Waals surface area contributed by atoms with Crippen LogP contribution in [0.3, 0.4) is 0 Å². The van der Waals surface area contributed by atoms with Crippen LogP contribution in [-0.4, -0.2) is 14.5 Å². The zero-order chi connectivity index (χ0) is 22.6. The van der Waals surface area contributed by atoms with Gasteiger partial charge in [0.2, 0.25) is 5.95 Å². The van der Waals surface area contributed by atoms with E-state index in [0.29, 0.717) is 32.6 Å². The van der Waals surface area contributed by atoms with Gasteiger partial charge in [0.25, 0.3) is 5.56 Å². The quantitative estimate of drug-likeness (QED) is 0.419. The number of fused-ring (bicyclic) bond motifs is 2. The molecular weight excluding hydrogens is 445 g/mol. The average Bonchev–Trinajstić information content (AvgIpc) is 3.05. The number of benzene rings is 2. The second-order valence-electron chi connectivity index (χ2n) is 8.49. The normalized spacial score (nSPS) is 14.5. The molecule has 5 rings (SSSR count). The third-order valence-electron chi connectivity index (χ3n) is 5.87. The Morgan fingerprint density at radius 1 is 1.16 bits per heavy atom. The fourth-order valence-corrected chi connectivity index (χ4v) is 4.78. The van der Waals surface area contributed by atoms with Gasteiger partial charge in [0.05, 0.1) is 26.6 Å². The molecular formula is C24H21Cl2N5O. The molecule has 1 aliphatic heterocycles. The van der Waals surface area contributed by atoms with Crippen LogP contribution in [0.15, 0.2) is 53.6 Å². The molecule has 0 saturated heterocycles. The summed E-state index contributed by atoms with van der Waals surface area (Å²) >= 11 is 12.6. The Hall–Kier alpha value is -2.93. The van der Waals surface area contributed by atoms with Crippen LogP contribution in [0.4, 0.5) is 11.6 Å². The number of anilines is 2. The van der Waals surface area contributed by atoms with Crippen LogP contribution in [0.25, 0.3) is 16.6 Å². The molecule has 0 aliphatic carbocycles. The van der Waals surface area contributed by atoms with E-state index in [1.807, 2.05) is 13.0 Å². The van der Waals surface area contributed by atoms with Crippen molar-refractivity contribution in [2.75, 3.05) is 5.32 Å². The van der Waals surface area contributed by atoms with Gasteiger partial charge in [-0.25, -0.2) is 9.97 Å². The molecule has 0 atom stereocenters. The molecule has 2 aromatic heterocycles. The van der Waals surface area contributed by atoms with Crippen molar-refractivity contribution in [3.8, 4) is 5.69 Å². The fraction of sp³-hybridized carbons (Fsp3) is 0.208. The van der Waals surface area contributed by atoms with E-state index in [9.17, 15) is 4.79 Å². The second kappa shape index (κ2) is 7.59. The lowest BCUT2D eigenvalue weighted by Crippen LogP contribution is -2.28. The molecule has 1 aliphatic rings. The van der Waals surface area contributed by atoms with Crippen molar-refractivity contribution in [2.24, 2.45) is 0 Å². The largest absolute Gasteiger partial charge is 0.324 e. The van der Waals surface area contributed by atoms with Crippen LogP contribution >= 0.6 is 23.2 Å². The molecule has 0 spiro atoms. The minimum atomic E-state index is -0.280. The van der Waals surface area contributed by atoms with Crippen molar-refractivity contribution in [3.05, 3.63) is 85.9 Å². The molecule has 2 aromatic carbocycles. The minimum Gasteiger partial charge on any atom is -0.324 e. The van der Waals surface area contributed by atoms with Crippen LogP contribution in [0.5, 0.6) is 0 Å². The summed E-state index contributed by atoms with van der Waals surface area (Å²) in [5.74, 6) is 0.429. The van der Waals surface area contributed by atoms with Gasteiger partial charge < -0.3 is 10.6 Å². The highest BCUT2D eigenvalue weighted by Gasteiger charge is 2.28. The predicted octanol–water partition coefficient (Wildman–Crippen LogP) is 5.48. The molecule has 6 nitrogen and oxygen atoms in total. The number of nitrogens with zero attached hydrogens (tertiary/aromatic N) is 3. The van der Waals surface area contributed by atoms with Gasteiger partial charge in [-0.15, -0.1) is 0 Å². The maximum atomic E-state index is 13.2. The summed E-state index contributed by atoms with van der Waals surface area (Å²) in [5.41, 5.74) is 4.96. The second-order valence-corrected chi connectivity index (χ2v) is 9.30. The molecule has 0 unspecified atom stereocenters. The van der Waals surface area contributed by atoms with E-state index in [0.717, 1.165) is 17.8 Å². The Bertz CT molecular complexity index is 1420. The lowest BCUT2D eigenvalue weighted by atomic mass is 9.94. The highest BCUT2D eigenvalue weighted by Crippen LogP contribution is 2.33. The Kier molecular flexibility index (Phi) is 4.97. The maximum absolute atomic E-state index is 13.2. The number of halogens is 2. The lowest BCUT2D eigenvalue weighted by Gasteiger charge is -2.19. The van der Waals surface area contributed by atoms with Gasteiger partial charge in [-0.3, -0.25) is 9.36 Å². The van der Waals surface area contributed by atoms with E-state index in [-0.39, 0.29) is 11.1 Å². The summed E-state index contributed by atoms with van der Waals surface area (Å²) < 4.78 is 1.45. The highest BCUT2D eigenvalue weighted by atomic mass is 35.5. The monoisotopic (exact) mass is 465 g/mol. The first-order valence-corrected chi connectivity index (χ1v) is 11.0. The number of para-hydroxylation sites is 1. The van der Waals surface area contributed by atoms with E-state index in [1.165, 1.54) is 15.7 Å². The number of aryl methyl sites for hydroxylation is 1. The Balaban J connectivity index is 1.55. The van der Waals surface area contributed by atoms with Gasteiger partial charge in [0.1, 0.15) is 0 Å². The molecule has 4 aromatic rings. The van der Waals surface area contributed by atoms with Crippen LogP contribution in [-0.2, 0) is 12.1 Å². The smallest absolute Gasteiger partial charge is 0.266 e. The number of hydrogen-bond acceptors (Lipinski definition) is 5. The first kappa shape index (κ1) is 20.9. The number of pyridine rings is 1. The highest BCUT2D eigenvalue weighted by molar-refractivity contribution is 6.37. The summed E-state index contributed by atoms with van der Waals surface area (Å²) in [7, 11) is 0. The molecule has 0 saturated carbocycles. The van der Waals surface area contributed by atoms with Gasteiger partial charge in [0.15, 0.2) is 0 Å².